The predicted octanol–water partition coefficient (Wildman–Crippen LogP) is 3.39. The van der Waals surface area contributed by atoms with Gasteiger partial charge in [0.25, 0.3) is 0 Å². The molecule has 0 radical (unpaired) electrons. The van der Waals surface area contributed by atoms with Gasteiger partial charge in [-0.2, -0.15) is 0 Å². The molecule has 0 unspecified atom stereocenters. The van der Waals surface area contributed by atoms with E-state index in [1.807, 2.05) is 47.7 Å². The summed E-state index contributed by atoms with van der Waals surface area (Å²) < 4.78 is 7.44. The highest BCUT2D eigenvalue weighted by Crippen LogP contribution is 2.38. The summed E-state index contributed by atoms with van der Waals surface area (Å²) in [4.78, 5) is 15.4. The molecule has 1 aliphatic heterocycles. The Kier molecular flexibility index (Phi) is 6.83. The fraction of sp³-hybridized carbons (Fsp3) is 0.550. The van der Waals surface area contributed by atoms with Gasteiger partial charge in [0.05, 0.1) is 12.6 Å². The van der Waals surface area contributed by atoms with E-state index < -0.39 is 0 Å². The molecule has 0 fully saturated rings. The van der Waals surface area contributed by atoms with E-state index in [0.29, 0.717) is 6.61 Å². The molecule has 8 heteroatoms. The largest absolute Gasteiger partial charge is 0.494 e. The van der Waals surface area contributed by atoms with Crippen LogP contribution < -0.4 is 10.2 Å². The summed E-state index contributed by atoms with van der Waals surface area (Å²) in [6, 6.07) is 7.79. The van der Waals surface area contributed by atoms with Crippen LogP contribution in [0.15, 0.2) is 29.4 Å². The first-order valence-electron chi connectivity index (χ1n) is 9.95. The zero-order chi connectivity index (χ0) is 20.1. The molecule has 2 heterocycles. The van der Waals surface area contributed by atoms with Crippen molar-refractivity contribution in [3.8, 4) is 5.75 Å². The van der Waals surface area contributed by atoms with Crippen LogP contribution in [0.4, 0.5) is 0 Å². The second kappa shape index (κ2) is 9.32. The van der Waals surface area contributed by atoms with Crippen molar-refractivity contribution in [3.63, 3.8) is 0 Å². The molecule has 0 saturated carbocycles. The highest BCUT2D eigenvalue weighted by molar-refractivity contribution is 8.00. The smallest absolute Gasteiger partial charge is 0.238 e. The van der Waals surface area contributed by atoms with Crippen LogP contribution in [0.1, 0.15) is 51.0 Å². The van der Waals surface area contributed by atoms with E-state index >= 15 is 0 Å². The minimum Gasteiger partial charge on any atom is -0.494 e. The molecule has 28 heavy (non-hydrogen) atoms. The van der Waals surface area contributed by atoms with E-state index in [-0.39, 0.29) is 17.2 Å². The van der Waals surface area contributed by atoms with Crippen LogP contribution in [0.25, 0.3) is 0 Å². The van der Waals surface area contributed by atoms with Crippen molar-refractivity contribution in [2.45, 2.75) is 57.0 Å². The van der Waals surface area contributed by atoms with Crippen molar-refractivity contribution in [2.75, 3.05) is 25.1 Å². The molecule has 1 amide bonds. The minimum absolute atomic E-state index is 0.145. The first-order valence-corrected chi connectivity index (χ1v) is 10.8. The maximum Gasteiger partial charge on any atom is 0.238 e. The number of carbonyl (C=O) groups is 1. The molecule has 0 saturated heterocycles. The molecule has 3 rings (SSSR count). The van der Waals surface area contributed by atoms with Crippen molar-refractivity contribution in [3.05, 3.63) is 35.7 Å². The molecule has 1 aromatic heterocycles. The molecule has 152 valence electrons. The first-order chi connectivity index (χ1) is 13.6. The number of hydrogen-bond donors (Lipinski definition) is 1. The normalized spacial score (nSPS) is 18.3. The number of aryl methyl sites for hydroxylation is 1. The predicted molar refractivity (Wildman–Crippen MR) is 111 cm³/mol. The highest BCUT2D eigenvalue weighted by atomic mass is 32.2. The van der Waals surface area contributed by atoms with Crippen molar-refractivity contribution in [1.29, 1.82) is 0 Å². The number of amides is 1. The fourth-order valence-electron chi connectivity index (χ4n) is 3.39. The fourth-order valence-corrected chi connectivity index (χ4v) is 4.60. The highest BCUT2D eigenvalue weighted by Gasteiger charge is 2.39. The molecule has 1 aromatic carbocycles. The Morgan fingerprint density at radius 1 is 1.18 bits per heavy atom. The van der Waals surface area contributed by atoms with Gasteiger partial charge in [0.1, 0.15) is 16.8 Å². The van der Waals surface area contributed by atoms with Gasteiger partial charge in [-0.25, -0.2) is 4.68 Å². The number of rotatable bonds is 8. The number of carbonyl (C=O) groups excluding carboxylic acids is 1. The number of aromatic nitrogens is 3. The maximum atomic E-state index is 13.4. The summed E-state index contributed by atoms with van der Waals surface area (Å²) in [6.45, 7) is 10.2. The number of ether oxygens (including phenoxy) is 1. The van der Waals surface area contributed by atoms with Crippen LogP contribution in [0.3, 0.4) is 0 Å². The molecular formula is C20H29N5O2S. The quantitative estimate of drug-likeness (QED) is 0.728. The Balaban J connectivity index is 1.93. The Morgan fingerprint density at radius 3 is 2.46 bits per heavy atom. The van der Waals surface area contributed by atoms with Crippen molar-refractivity contribution >= 4 is 17.7 Å². The van der Waals surface area contributed by atoms with Gasteiger partial charge in [-0.3, -0.25) is 4.79 Å². The summed E-state index contributed by atoms with van der Waals surface area (Å²) in [7, 11) is 0. The van der Waals surface area contributed by atoms with E-state index in [4.69, 9.17) is 4.74 Å². The van der Waals surface area contributed by atoms with Crippen LogP contribution >= 0.6 is 11.8 Å². The number of nitrogens with one attached hydrogen (secondary N) is 1. The molecule has 2 aromatic rings. The molecule has 1 N–H and O–H groups in total. The summed E-state index contributed by atoms with van der Waals surface area (Å²) in [5, 5.41) is 8.82. The Bertz CT molecular complexity index is 786. The first kappa shape index (κ1) is 20.5. The molecular weight excluding hydrogens is 374 g/mol. The number of nitrogens with zero attached hydrogens (tertiary/aromatic N) is 4. The maximum absolute atomic E-state index is 13.4. The van der Waals surface area contributed by atoms with Gasteiger partial charge in [0.15, 0.2) is 0 Å². The van der Waals surface area contributed by atoms with E-state index in [0.717, 1.165) is 48.2 Å². The van der Waals surface area contributed by atoms with E-state index in [1.54, 1.807) is 0 Å². The molecule has 7 nitrogen and oxygen atoms in total. The summed E-state index contributed by atoms with van der Waals surface area (Å²) in [5.41, 5.74) is 4.51. The monoisotopic (exact) mass is 403 g/mol. The zero-order valence-corrected chi connectivity index (χ0v) is 17.8. The second-order valence-electron chi connectivity index (χ2n) is 6.84. The Morgan fingerprint density at radius 2 is 1.86 bits per heavy atom. The van der Waals surface area contributed by atoms with Crippen LogP contribution in [-0.2, 0) is 4.79 Å². The molecule has 0 bridgehead atoms. The standard InChI is InChI=1S/C20H29N5O2S/c1-5-12-24(13-6-2)19(26)18-17(15-8-10-16(11-9-15)27-7-3)23-25-14(4)21-22-20(25)28-18/h8-11,17-18,23H,5-7,12-13H2,1-4H3/t17-,18-/m1/s1. The Labute approximate surface area is 170 Å². The second-order valence-corrected chi connectivity index (χ2v) is 7.95. The number of hydrogen-bond acceptors (Lipinski definition) is 6. The van der Waals surface area contributed by atoms with Gasteiger partial charge in [0, 0.05) is 13.1 Å². The van der Waals surface area contributed by atoms with Crippen molar-refractivity contribution in [1.82, 2.24) is 19.8 Å². The lowest BCUT2D eigenvalue weighted by molar-refractivity contribution is -0.131. The van der Waals surface area contributed by atoms with Crippen LogP contribution in [0.5, 0.6) is 5.75 Å². The number of fused-ring (bicyclic) bond motifs is 1. The average Bonchev–Trinajstić information content (AvgIpc) is 3.07. The van der Waals surface area contributed by atoms with E-state index in [1.165, 1.54) is 11.8 Å². The van der Waals surface area contributed by atoms with Gasteiger partial charge in [-0.1, -0.05) is 37.7 Å². The summed E-state index contributed by atoms with van der Waals surface area (Å²) in [6.07, 6.45) is 1.89. The number of benzene rings is 1. The van der Waals surface area contributed by atoms with Crippen LogP contribution in [0, 0.1) is 6.92 Å². The third-order valence-corrected chi connectivity index (χ3v) is 5.89. The topological polar surface area (TPSA) is 72.3 Å². The molecule has 0 aliphatic carbocycles. The van der Waals surface area contributed by atoms with Gasteiger partial charge >= 0.3 is 0 Å². The van der Waals surface area contributed by atoms with Crippen molar-refractivity contribution in [2.24, 2.45) is 0 Å². The average molecular weight is 404 g/mol. The van der Waals surface area contributed by atoms with E-state index in [9.17, 15) is 4.79 Å². The molecule has 1 aliphatic rings. The van der Waals surface area contributed by atoms with Gasteiger partial charge in [-0.05, 0) is 44.4 Å². The summed E-state index contributed by atoms with van der Waals surface area (Å²) >= 11 is 1.49. The van der Waals surface area contributed by atoms with Gasteiger partial charge in [-0.15, -0.1) is 10.2 Å². The molecule has 0 spiro atoms. The SMILES string of the molecule is CCCN(CCC)C(=O)[C@@H]1Sc2nnc(C)n2N[C@@H]1c1ccc(OCC)cc1. The number of thioether (sulfide) groups is 1. The third-order valence-electron chi connectivity index (χ3n) is 4.69. The van der Waals surface area contributed by atoms with Crippen LogP contribution in [0.2, 0.25) is 0 Å². The molecule has 2 atom stereocenters. The lowest BCUT2D eigenvalue weighted by Crippen LogP contribution is -2.46. The minimum atomic E-state index is -0.299. The Hall–Kier alpha value is -2.22. The van der Waals surface area contributed by atoms with E-state index in [2.05, 4.69) is 29.5 Å². The summed E-state index contributed by atoms with van der Waals surface area (Å²) in [5.74, 6) is 1.76. The van der Waals surface area contributed by atoms with Crippen molar-refractivity contribution < 1.29 is 9.53 Å². The van der Waals surface area contributed by atoms with Gasteiger partial charge < -0.3 is 15.1 Å². The lowest BCUT2D eigenvalue weighted by Gasteiger charge is -2.35. The van der Waals surface area contributed by atoms with Crippen LogP contribution in [-0.4, -0.2) is 50.6 Å². The lowest BCUT2D eigenvalue weighted by atomic mass is 10.0. The zero-order valence-electron chi connectivity index (χ0n) is 17.0. The van der Waals surface area contributed by atoms with Gasteiger partial charge in [0.2, 0.25) is 11.1 Å². The third kappa shape index (κ3) is 4.27.